The van der Waals surface area contributed by atoms with E-state index in [0.717, 1.165) is 6.54 Å². The average molecular weight is 222 g/mol. The molecule has 0 spiro atoms. The molecule has 85 valence electrons. The van der Waals surface area contributed by atoms with Crippen LogP contribution in [0.4, 0.5) is 0 Å². The average Bonchev–Trinajstić information content (AvgIpc) is 2.65. The molecular formula is C16H16N. The summed E-state index contributed by atoms with van der Waals surface area (Å²) in [4.78, 5) is 0. The summed E-state index contributed by atoms with van der Waals surface area (Å²) < 4.78 is 2.40. The Morgan fingerprint density at radius 1 is 0.824 bits per heavy atom. The van der Waals surface area contributed by atoms with E-state index in [1.54, 1.807) is 0 Å². The minimum absolute atomic E-state index is 0.994. The van der Waals surface area contributed by atoms with Crippen molar-refractivity contribution in [3.05, 3.63) is 54.4 Å². The smallest absolute Gasteiger partial charge is 0.0491 e. The van der Waals surface area contributed by atoms with Gasteiger partial charge in [-0.3, -0.25) is 0 Å². The zero-order chi connectivity index (χ0) is 11.8. The summed E-state index contributed by atoms with van der Waals surface area (Å²) in [5, 5.41) is 2.70. The highest BCUT2D eigenvalue weighted by Crippen LogP contribution is 2.29. The van der Waals surface area contributed by atoms with Gasteiger partial charge in [0.15, 0.2) is 0 Å². The Bertz CT molecular complexity index is 608. The van der Waals surface area contributed by atoms with E-state index >= 15 is 0 Å². The van der Waals surface area contributed by atoms with Crippen LogP contribution in [0.2, 0.25) is 0 Å². The number of aromatic nitrogens is 1. The Labute approximate surface area is 102 Å². The van der Waals surface area contributed by atoms with Crippen molar-refractivity contribution >= 4 is 21.8 Å². The number of benzene rings is 2. The van der Waals surface area contributed by atoms with Gasteiger partial charge in [-0.1, -0.05) is 50.2 Å². The molecule has 3 rings (SSSR count). The summed E-state index contributed by atoms with van der Waals surface area (Å²) in [6, 6.07) is 17.3. The van der Waals surface area contributed by atoms with Crippen LogP contribution in [0.15, 0.2) is 48.5 Å². The Morgan fingerprint density at radius 2 is 1.29 bits per heavy atom. The molecule has 1 radical (unpaired) electrons. The monoisotopic (exact) mass is 222 g/mol. The first kappa shape index (κ1) is 10.4. The minimum Gasteiger partial charge on any atom is -0.340 e. The van der Waals surface area contributed by atoms with E-state index in [9.17, 15) is 0 Å². The Morgan fingerprint density at radius 3 is 1.76 bits per heavy atom. The number of hydrogen-bond acceptors (Lipinski definition) is 0. The molecule has 0 saturated carbocycles. The predicted octanol–water partition coefficient (Wildman–Crippen LogP) is 4.41. The fourth-order valence-corrected chi connectivity index (χ4v) is 2.49. The molecule has 0 N–H and O–H groups in total. The molecule has 1 heterocycles. The summed E-state index contributed by atoms with van der Waals surface area (Å²) in [6.45, 7) is 5.36. The van der Waals surface area contributed by atoms with Crippen molar-refractivity contribution < 1.29 is 0 Å². The molecular weight excluding hydrogens is 206 g/mol. The van der Waals surface area contributed by atoms with Gasteiger partial charge >= 0.3 is 0 Å². The molecule has 0 aliphatic rings. The van der Waals surface area contributed by atoms with Crippen molar-refractivity contribution in [2.24, 2.45) is 0 Å². The maximum Gasteiger partial charge on any atom is 0.0491 e. The van der Waals surface area contributed by atoms with E-state index in [2.05, 4.69) is 66.9 Å². The van der Waals surface area contributed by atoms with Gasteiger partial charge in [-0.15, -0.1) is 0 Å². The summed E-state index contributed by atoms with van der Waals surface area (Å²) in [5.41, 5.74) is 2.66. The molecule has 0 aliphatic heterocycles. The van der Waals surface area contributed by atoms with Gasteiger partial charge in [0.1, 0.15) is 0 Å². The Hall–Kier alpha value is -1.76. The van der Waals surface area contributed by atoms with E-state index in [1.807, 2.05) is 0 Å². The lowest BCUT2D eigenvalue weighted by molar-refractivity contribution is 0.759. The predicted molar refractivity (Wildman–Crippen MR) is 74.0 cm³/mol. The molecule has 3 aromatic rings. The third-order valence-electron chi connectivity index (χ3n) is 3.15. The number of rotatable bonds is 2. The van der Waals surface area contributed by atoms with E-state index in [4.69, 9.17) is 0 Å². The van der Waals surface area contributed by atoms with Gasteiger partial charge in [-0.2, -0.15) is 0 Å². The topological polar surface area (TPSA) is 4.93 Å². The Kier molecular flexibility index (Phi) is 2.40. The van der Waals surface area contributed by atoms with Crippen LogP contribution in [0, 0.1) is 5.92 Å². The van der Waals surface area contributed by atoms with Crippen molar-refractivity contribution in [2.75, 3.05) is 0 Å². The summed E-state index contributed by atoms with van der Waals surface area (Å²) in [7, 11) is 0. The molecule has 2 aromatic carbocycles. The second kappa shape index (κ2) is 3.92. The highest BCUT2D eigenvalue weighted by Gasteiger charge is 2.09. The molecule has 17 heavy (non-hydrogen) atoms. The molecule has 0 unspecified atom stereocenters. The van der Waals surface area contributed by atoms with Crippen molar-refractivity contribution in [2.45, 2.75) is 20.4 Å². The lowest BCUT2D eigenvalue weighted by atomic mass is 10.2. The van der Waals surface area contributed by atoms with Crippen LogP contribution in [0.3, 0.4) is 0 Å². The van der Waals surface area contributed by atoms with Gasteiger partial charge in [0.2, 0.25) is 0 Å². The molecule has 1 aromatic heterocycles. The normalized spacial score (nSPS) is 11.7. The van der Waals surface area contributed by atoms with Gasteiger partial charge in [0.25, 0.3) is 0 Å². The maximum absolute atomic E-state index is 2.40. The number of fused-ring (bicyclic) bond motifs is 3. The van der Waals surface area contributed by atoms with Gasteiger partial charge in [-0.25, -0.2) is 0 Å². The molecule has 1 heteroatoms. The van der Waals surface area contributed by atoms with Crippen molar-refractivity contribution in [3.8, 4) is 0 Å². The first-order chi connectivity index (χ1) is 8.27. The standard InChI is InChI=1S/C16H16N/c1-12(2)11-17-15-9-5-3-7-13(15)14-8-4-6-10-16(14)17/h3-10H,11H2,1-2H3. The third-order valence-corrected chi connectivity index (χ3v) is 3.15. The lowest BCUT2D eigenvalue weighted by Gasteiger charge is -2.09. The van der Waals surface area contributed by atoms with Crippen molar-refractivity contribution in [1.82, 2.24) is 4.57 Å². The van der Waals surface area contributed by atoms with Crippen LogP contribution >= 0.6 is 0 Å². The highest BCUT2D eigenvalue weighted by molar-refractivity contribution is 6.07. The quantitative estimate of drug-likeness (QED) is 0.605. The summed E-state index contributed by atoms with van der Waals surface area (Å²) >= 11 is 0. The van der Waals surface area contributed by atoms with Gasteiger partial charge in [0, 0.05) is 28.4 Å². The highest BCUT2D eigenvalue weighted by atomic mass is 15.0. The maximum atomic E-state index is 2.40. The third kappa shape index (κ3) is 1.62. The van der Waals surface area contributed by atoms with Crippen molar-refractivity contribution in [1.29, 1.82) is 0 Å². The molecule has 0 atom stereocenters. The van der Waals surface area contributed by atoms with Crippen LogP contribution in [-0.4, -0.2) is 4.57 Å². The van der Waals surface area contributed by atoms with Crippen LogP contribution in [0.1, 0.15) is 13.8 Å². The van der Waals surface area contributed by atoms with E-state index < -0.39 is 0 Å². The SMILES string of the molecule is C[C](C)Cn1c2ccccc2c2ccccc21. The first-order valence-corrected chi connectivity index (χ1v) is 6.02. The zero-order valence-corrected chi connectivity index (χ0v) is 10.3. The summed E-state index contributed by atoms with van der Waals surface area (Å²) in [6.07, 6.45) is 0. The molecule has 0 aliphatic carbocycles. The fourth-order valence-electron chi connectivity index (χ4n) is 2.49. The van der Waals surface area contributed by atoms with Crippen LogP contribution < -0.4 is 0 Å². The van der Waals surface area contributed by atoms with E-state index in [1.165, 1.54) is 27.7 Å². The summed E-state index contributed by atoms with van der Waals surface area (Å²) in [5.74, 6) is 1.43. The van der Waals surface area contributed by atoms with Gasteiger partial charge < -0.3 is 4.57 Å². The fraction of sp³-hybridized carbons (Fsp3) is 0.188. The second-order valence-electron chi connectivity index (χ2n) is 4.83. The molecule has 1 nitrogen and oxygen atoms in total. The second-order valence-corrected chi connectivity index (χ2v) is 4.83. The number of para-hydroxylation sites is 2. The van der Waals surface area contributed by atoms with Crippen LogP contribution in [-0.2, 0) is 6.54 Å². The number of hydrogen-bond donors (Lipinski definition) is 0. The van der Waals surface area contributed by atoms with Crippen LogP contribution in [0.5, 0.6) is 0 Å². The molecule has 0 fully saturated rings. The molecule has 0 bridgehead atoms. The van der Waals surface area contributed by atoms with Gasteiger partial charge in [0.05, 0.1) is 0 Å². The van der Waals surface area contributed by atoms with E-state index in [0.29, 0.717) is 0 Å². The molecule has 0 saturated heterocycles. The van der Waals surface area contributed by atoms with Gasteiger partial charge in [-0.05, 0) is 18.1 Å². The largest absolute Gasteiger partial charge is 0.340 e. The Balaban J connectivity index is 2.41. The molecule has 0 amide bonds. The zero-order valence-electron chi connectivity index (χ0n) is 10.3. The van der Waals surface area contributed by atoms with Crippen LogP contribution in [0.25, 0.3) is 21.8 Å². The van der Waals surface area contributed by atoms with Crippen molar-refractivity contribution in [3.63, 3.8) is 0 Å². The first-order valence-electron chi connectivity index (χ1n) is 6.02. The number of nitrogens with zero attached hydrogens (tertiary/aromatic N) is 1. The minimum atomic E-state index is 0.994. The van der Waals surface area contributed by atoms with E-state index in [-0.39, 0.29) is 0 Å². The lowest BCUT2D eigenvalue weighted by Crippen LogP contribution is -2.01.